The van der Waals surface area contributed by atoms with Gasteiger partial charge < -0.3 is 4.74 Å². The molecule has 1 aromatic heterocycles. The van der Waals surface area contributed by atoms with Crippen molar-refractivity contribution < 1.29 is 13.2 Å². The highest BCUT2D eigenvalue weighted by Gasteiger charge is 3.02. The Kier molecular flexibility index (Phi) is 4.56. The standard InChI is InChI=1S/C23H17Cl8N5O5S/c1-32-16(37)34-14-8-11-15(35(34)17(32)38)18-4-41-5-19(14,18)7-3-2-6(18)33(11)36(7)23(31)20(8,28)21(29)12(26)9(24)10(25)13(27)22(21,30)42(23,39)40/h6-8,11,14-15H,2-5H2,1H3/t6-,7+,8-,11+,14+,15-,18+,19-,20+,21?,22?,23-/m0/s1. The van der Waals surface area contributed by atoms with E-state index in [-0.39, 0.29) is 22.7 Å². The molecule has 0 amide bonds. The summed E-state index contributed by atoms with van der Waals surface area (Å²) in [6.07, 6.45) is 1.22. The third-order valence-corrected chi connectivity index (χ3v) is 21.5. The minimum atomic E-state index is -4.95. The van der Waals surface area contributed by atoms with Gasteiger partial charge in [0.25, 0.3) is 0 Å². The first-order valence-electron chi connectivity index (χ1n) is 13.2. The number of halogens is 8. The number of fused-ring (bicyclic) bond motifs is 4. The lowest BCUT2D eigenvalue weighted by Crippen LogP contribution is -2.81. The Labute approximate surface area is 277 Å². The number of sulfone groups is 1. The molecule has 9 heterocycles. The molecule has 42 heavy (non-hydrogen) atoms. The van der Waals surface area contributed by atoms with Gasteiger partial charge in [-0.3, -0.25) is 0 Å². The van der Waals surface area contributed by atoms with E-state index in [0.29, 0.717) is 19.4 Å². The van der Waals surface area contributed by atoms with E-state index < -0.39 is 90.5 Å². The first kappa shape index (κ1) is 27.5. The largest absolute Gasteiger partial charge is 0.380 e. The first-order chi connectivity index (χ1) is 19.5. The number of rotatable bonds is 0. The smallest absolute Gasteiger partial charge is 0.347 e. The number of alkyl halides is 4. The van der Waals surface area contributed by atoms with E-state index in [1.165, 1.54) is 16.4 Å². The van der Waals surface area contributed by atoms with Gasteiger partial charge in [0.2, 0.25) is 18.4 Å². The predicted octanol–water partition coefficient (Wildman–Crippen LogP) is 3.14. The van der Waals surface area contributed by atoms with Crippen LogP contribution in [0.15, 0.2) is 29.7 Å². The van der Waals surface area contributed by atoms with Gasteiger partial charge in [-0.25, -0.2) is 42.0 Å². The summed E-state index contributed by atoms with van der Waals surface area (Å²) in [5, 5.41) is 1.93. The van der Waals surface area contributed by atoms with Crippen LogP contribution in [0.3, 0.4) is 0 Å². The van der Waals surface area contributed by atoms with Crippen molar-refractivity contribution in [1.29, 1.82) is 0 Å². The second-order valence-electron chi connectivity index (χ2n) is 12.9. The zero-order chi connectivity index (χ0) is 29.9. The van der Waals surface area contributed by atoms with E-state index in [1.54, 1.807) is 5.01 Å². The molecular weight excluding hydrogens is 742 g/mol. The van der Waals surface area contributed by atoms with Crippen LogP contribution in [0.4, 0.5) is 0 Å². The summed E-state index contributed by atoms with van der Waals surface area (Å²) in [5.41, 5.74) is -2.50. The summed E-state index contributed by atoms with van der Waals surface area (Å²) in [4.78, 5) is 22.9. The van der Waals surface area contributed by atoms with Crippen molar-refractivity contribution in [2.75, 3.05) is 13.2 Å². The Bertz CT molecular complexity index is 1960. The lowest BCUT2D eigenvalue weighted by molar-refractivity contribution is -0.248. The van der Waals surface area contributed by atoms with Crippen LogP contribution in [-0.2, 0) is 21.6 Å². The molecule has 10 nitrogen and oxygen atoms in total. The second-order valence-corrected chi connectivity index (χ2v) is 19.4. The Morgan fingerprint density at radius 3 is 2.02 bits per heavy atom. The number of hydrogen-bond acceptors (Lipinski definition) is 7. The van der Waals surface area contributed by atoms with Gasteiger partial charge >= 0.3 is 11.4 Å². The maximum absolute atomic E-state index is 15.1. The van der Waals surface area contributed by atoms with Crippen molar-refractivity contribution in [3.8, 4) is 0 Å². The minimum absolute atomic E-state index is 0.205. The molecule has 11 aliphatic rings. The molecule has 19 heteroatoms. The van der Waals surface area contributed by atoms with Gasteiger partial charge in [0.15, 0.2) is 0 Å². The molecule has 7 bridgehead atoms. The van der Waals surface area contributed by atoms with Crippen LogP contribution in [0.1, 0.15) is 24.9 Å². The van der Waals surface area contributed by atoms with E-state index in [9.17, 15) is 9.59 Å². The van der Waals surface area contributed by atoms with Gasteiger partial charge in [-0.1, -0.05) is 69.6 Å². The van der Waals surface area contributed by atoms with Crippen molar-refractivity contribution in [3.05, 3.63) is 41.1 Å². The van der Waals surface area contributed by atoms with E-state index in [2.05, 4.69) is 0 Å². The fraction of sp³-hybridized carbons (Fsp3) is 0.739. The summed E-state index contributed by atoms with van der Waals surface area (Å²) in [6.45, 7) is 0.536. The predicted molar refractivity (Wildman–Crippen MR) is 156 cm³/mol. The second kappa shape index (κ2) is 6.97. The molecule has 0 radical (unpaired) electrons. The fourth-order valence-electron chi connectivity index (χ4n) is 11.5. The fourth-order valence-corrected chi connectivity index (χ4v) is 19.3. The summed E-state index contributed by atoms with van der Waals surface area (Å²) in [7, 11) is -3.53. The van der Waals surface area contributed by atoms with Crippen LogP contribution >= 0.6 is 92.8 Å². The van der Waals surface area contributed by atoms with Crippen LogP contribution < -0.4 is 11.4 Å². The Morgan fingerprint density at radius 1 is 0.833 bits per heavy atom. The van der Waals surface area contributed by atoms with E-state index in [0.717, 1.165) is 4.57 Å². The zero-order valence-electron chi connectivity index (χ0n) is 21.0. The van der Waals surface area contributed by atoms with Gasteiger partial charge in [0.05, 0.1) is 51.5 Å². The minimum Gasteiger partial charge on any atom is -0.380 e. The highest BCUT2D eigenvalue weighted by atomic mass is 35.5. The molecule has 8 aliphatic heterocycles. The molecule has 0 aromatic carbocycles. The Hall–Kier alpha value is 0.370. The van der Waals surface area contributed by atoms with Crippen molar-refractivity contribution in [2.45, 2.75) is 61.3 Å². The quantitative estimate of drug-likeness (QED) is 0.297. The molecule has 0 N–H and O–H groups in total. The molecular formula is C23H17Cl8N5O5S. The number of aromatic nitrogens is 3. The van der Waals surface area contributed by atoms with Crippen LogP contribution in [-0.4, -0.2) is 82.0 Å². The number of nitrogens with zero attached hydrogens (tertiary/aromatic N) is 5. The maximum Gasteiger partial charge on any atom is 0.347 e. The average molecular weight is 759 g/mol. The molecule has 12 rings (SSSR count). The van der Waals surface area contributed by atoms with Crippen LogP contribution in [0.5, 0.6) is 0 Å². The molecule has 2 saturated carbocycles. The Balaban J connectivity index is 1.43. The van der Waals surface area contributed by atoms with E-state index >= 15 is 8.42 Å². The lowest BCUT2D eigenvalue weighted by Gasteiger charge is -2.67. The van der Waals surface area contributed by atoms with Gasteiger partial charge in [0, 0.05) is 35.9 Å². The third kappa shape index (κ3) is 1.86. The van der Waals surface area contributed by atoms with E-state index in [1.807, 2.05) is 5.01 Å². The van der Waals surface area contributed by atoms with Gasteiger partial charge in [-0.05, 0) is 12.8 Å². The van der Waals surface area contributed by atoms with Crippen molar-refractivity contribution in [2.24, 2.45) is 23.8 Å². The molecule has 1 spiro atoms. The molecule has 3 aliphatic carbocycles. The van der Waals surface area contributed by atoms with Gasteiger partial charge in [0.1, 0.15) is 9.75 Å². The van der Waals surface area contributed by atoms with Crippen LogP contribution in [0.2, 0.25) is 0 Å². The lowest BCUT2D eigenvalue weighted by atomic mass is 9.42. The monoisotopic (exact) mass is 755 g/mol. The molecule has 12 atom stereocenters. The normalized spacial score (nSPS) is 57.0. The SMILES string of the molecule is Cn1c(=O)n2n(c1=O)[C@@H]1[C@@H]3[C@@H]4[C@H]2[C@]25COC[C@]12[C@H]1CC[C@@H]5N4N1[C@@]1(Cl)[C@]3(Cl)C2(Cl)C(Cl)=C(Cl)C(Cl)=C(Cl)C2(Cl)S1(=O)=O. The highest BCUT2D eigenvalue weighted by Crippen LogP contribution is 2.90. The Morgan fingerprint density at radius 2 is 1.38 bits per heavy atom. The summed E-state index contributed by atoms with van der Waals surface area (Å²) in [5.74, 6) is -0.993. The van der Waals surface area contributed by atoms with Crippen molar-refractivity contribution in [3.63, 3.8) is 0 Å². The van der Waals surface area contributed by atoms with Gasteiger partial charge in [-0.15, -0.1) is 23.2 Å². The first-order valence-corrected chi connectivity index (χ1v) is 17.7. The maximum atomic E-state index is 15.1. The summed E-state index contributed by atoms with van der Waals surface area (Å²) in [6, 6.07) is -2.94. The van der Waals surface area contributed by atoms with Crippen molar-refractivity contribution in [1.82, 2.24) is 23.9 Å². The number of hydrazine groups is 1. The topological polar surface area (TPSA) is 98.8 Å². The van der Waals surface area contributed by atoms with E-state index in [4.69, 9.17) is 97.5 Å². The number of hydrogen-bond donors (Lipinski definition) is 0. The van der Waals surface area contributed by atoms with Crippen molar-refractivity contribution >= 4 is 103 Å². The molecule has 6 saturated heterocycles. The number of allylic oxidation sites excluding steroid dienone is 3. The molecule has 226 valence electrons. The average Bonchev–Trinajstić information content (AvgIpc) is 3.58. The highest BCUT2D eigenvalue weighted by molar-refractivity contribution is 7.97. The van der Waals surface area contributed by atoms with Crippen LogP contribution in [0.25, 0.3) is 0 Å². The molecule has 8 fully saturated rings. The van der Waals surface area contributed by atoms with Gasteiger partial charge in [-0.2, -0.15) is 0 Å². The molecule has 1 aromatic rings. The third-order valence-electron chi connectivity index (χ3n) is 12.5. The summed E-state index contributed by atoms with van der Waals surface area (Å²) >= 11 is 56.8. The summed E-state index contributed by atoms with van der Waals surface area (Å²) < 4.78 is 35.3. The number of ether oxygens (including phenoxy) is 1. The van der Waals surface area contributed by atoms with Crippen LogP contribution in [0, 0.1) is 16.7 Å². The molecule has 2 unspecified atom stereocenters. The zero-order valence-corrected chi connectivity index (χ0v) is 27.9.